The van der Waals surface area contributed by atoms with Gasteiger partial charge in [0.1, 0.15) is 37.9 Å². The van der Waals surface area contributed by atoms with Gasteiger partial charge in [0.2, 0.25) is 0 Å². The van der Waals surface area contributed by atoms with Crippen LogP contribution in [0.3, 0.4) is 0 Å². The van der Waals surface area contributed by atoms with Crippen LogP contribution in [-0.4, -0.2) is 64.8 Å². The molecule has 0 atom stereocenters. The Morgan fingerprint density at radius 2 is 1.23 bits per heavy atom. The second-order valence-electron chi connectivity index (χ2n) is 7.82. The van der Waals surface area contributed by atoms with Crippen LogP contribution >= 0.6 is 0 Å². The van der Waals surface area contributed by atoms with E-state index in [-0.39, 0.29) is 26.4 Å². The lowest BCUT2D eigenvalue weighted by molar-refractivity contribution is -0.141. The Labute approximate surface area is 206 Å². The highest BCUT2D eigenvalue weighted by molar-refractivity contribution is 5.94. The van der Waals surface area contributed by atoms with E-state index in [0.29, 0.717) is 37.6 Å². The van der Waals surface area contributed by atoms with Crippen LogP contribution in [0.2, 0.25) is 0 Å². The zero-order valence-electron chi connectivity index (χ0n) is 20.7. The monoisotopic (exact) mass is 486 g/mol. The minimum absolute atomic E-state index is 0.170. The second kappa shape index (κ2) is 14.8. The van der Waals surface area contributed by atoms with Gasteiger partial charge < -0.3 is 28.4 Å². The summed E-state index contributed by atoms with van der Waals surface area (Å²) < 4.78 is 32.8. The van der Waals surface area contributed by atoms with Crippen molar-refractivity contribution in [1.82, 2.24) is 0 Å². The highest BCUT2D eigenvalue weighted by atomic mass is 16.6. The van der Waals surface area contributed by atoms with Gasteiger partial charge in [-0.15, -0.1) is 0 Å². The molecule has 190 valence electrons. The Morgan fingerprint density at radius 1 is 0.686 bits per heavy atom. The number of esters is 2. The van der Waals surface area contributed by atoms with Gasteiger partial charge in [0.25, 0.3) is 0 Å². The van der Waals surface area contributed by atoms with Crippen LogP contribution in [-0.2, 0) is 28.5 Å². The third-order valence-electron chi connectivity index (χ3n) is 4.75. The number of carbonyl (C=O) groups excluding carboxylic acids is 2. The fraction of sp³-hybridized carbons (Fsp3) is 0.407. The lowest BCUT2D eigenvalue weighted by Gasteiger charge is -2.15. The molecule has 0 saturated carbocycles. The van der Waals surface area contributed by atoms with Crippen molar-refractivity contribution in [3.63, 3.8) is 0 Å². The van der Waals surface area contributed by atoms with Gasteiger partial charge in [0.05, 0.1) is 26.4 Å². The Hall–Kier alpha value is -3.36. The van der Waals surface area contributed by atoms with Crippen molar-refractivity contribution in [2.75, 3.05) is 52.9 Å². The molecule has 0 spiro atoms. The number of hydrogen-bond donors (Lipinski definition) is 0. The Morgan fingerprint density at radius 3 is 1.80 bits per heavy atom. The van der Waals surface area contributed by atoms with Gasteiger partial charge in [0, 0.05) is 21.9 Å². The molecule has 35 heavy (non-hydrogen) atoms. The van der Waals surface area contributed by atoms with E-state index < -0.39 is 11.9 Å². The van der Waals surface area contributed by atoms with Gasteiger partial charge >= 0.3 is 11.9 Å². The maximum atomic E-state index is 11.3. The van der Waals surface area contributed by atoms with Crippen LogP contribution in [0.25, 0.3) is 10.8 Å². The molecule has 0 aliphatic carbocycles. The average molecular weight is 487 g/mol. The molecule has 0 amide bonds. The SMILES string of the molecule is C=C(C)C(=O)OCCOCCOc1cccc2c(OCCOCCOC(=O)C(=C)C)c(C)ccc12. The lowest BCUT2D eigenvalue weighted by atomic mass is 10.1. The van der Waals surface area contributed by atoms with Gasteiger partial charge in [-0.2, -0.15) is 0 Å². The molecule has 0 bridgehead atoms. The Kier molecular flexibility index (Phi) is 11.8. The molecule has 0 N–H and O–H groups in total. The summed E-state index contributed by atoms with van der Waals surface area (Å²) in [6.07, 6.45) is 0. The van der Waals surface area contributed by atoms with Crippen LogP contribution < -0.4 is 9.47 Å². The molecule has 0 radical (unpaired) electrons. The van der Waals surface area contributed by atoms with E-state index in [1.54, 1.807) is 13.8 Å². The minimum atomic E-state index is -0.426. The predicted molar refractivity (Wildman–Crippen MR) is 133 cm³/mol. The first-order valence-electron chi connectivity index (χ1n) is 11.4. The summed E-state index contributed by atoms with van der Waals surface area (Å²) in [6, 6.07) is 9.76. The number of rotatable bonds is 16. The summed E-state index contributed by atoms with van der Waals surface area (Å²) in [5, 5.41) is 1.86. The fourth-order valence-electron chi connectivity index (χ4n) is 2.98. The number of fused-ring (bicyclic) bond motifs is 1. The largest absolute Gasteiger partial charge is 0.491 e. The topological polar surface area (TPSA) is 89.5 Å². The Bertz CT molecular complexity index is 1030. The standard InChI is InChI=1S/C27H34O8/c1-19(2)26(28)34-17-13-30-11-15-32-24-8-6-7-23-22(24)10-9-21(5)25(23)33-16-12-31-14-18-35-27(29)20(3)4/h6-10H,1,3,11-18H2,2,4-5H3. The number of ether oxygens (including phenoxy) is 6. The zero-order valence-corrected chi connectivity index (χ0v) is 20.7. The molecule has 0 fully saturated rings. The fourth-order valence-corrected chi connectivity index (χ4v) is 2.98. The number of hydrogen-bond acceptors (Lipinski definition) is 8. The smallest absolute Gasteiger partial charge is 0.333 e. The van der Waals surface area contributed by atoms with E-state index in [4.69, 9.17) is 28.4 Å². The predicted octanol–water partition coefficient (Wildman–Crippen LogP) is 4.18. The third-order valence-corrected chi connectivity index (χ3v) is 4.75. The molecule has 0 heterocycles. The zero-order chi connectivity index (χ0) is 25.6. The van der Waals surface area contributed by atoms with Crippen molar-refractivity contribution in [1.29, 1.82) is 0 Å². The van der Waals surface area contributed by atoms with Gasteiger partial charge in [-0.3, -0.25) is 0 Å². The summed E-state index contributed by atoms with van der Waals surface area (Å²) >= 11 is 0. The molecule has 2 rings (SSSR count). The first kappa shape index (κ1) is 27.9. The second-order valence-corrected chi connectivity index (χ2v) is 7.82. The maximum Gasteiger partial charge on any atom is 0.333 e. The van der Waals surface area contributed by atoms with Crippen molar-refractivity contribution in [2.45, 2.75) is 20.8 Å². The van der Waals surface area contributed by atoms with Crippen LogP contribution in [0.4, 0.5) is 0 Å². The van der Waals surface area contributed by atoms with Crippen LogP contribution in [0.1, 0.15) is 19.4 Å². The van der Waals surface area contributed by atoms with Crippen LogP contribution in [0.15, 0.2) is 54.6 Å². The van der Waals surface area contributed by atoms with E-state index in [1.807, 2.05) is 37.3 Å². The lowest BCUT2D eigenvalue weighted by Crippen LogP contribution is -2.14. The van der Waals surface area contributed by atoms with Gasteiger partial charge in [-0.25, -0.2) is 9.59 Å². The van der Waals surface area contributed by atoms with Gasteiger partial charge in [-0.1, -0.05) is 37.4 Å². The van der Waals surface area contributed by atoms with Gasteiger partial charge in [-0.05, 0) is 32.4 Å². The first-order chi connectivity index (χ1) is 16.8. The summed E-state index contributed by atoms with van der Waals surface area (Å²) in [4.78, 5) is 22.7. The summed E-state index contributed by atoms with van der Waals surface area (Å²) in [7, 11) is 0. The maximum absolute atomic E-state index is 11.3. The highest BCUT2D eigenvalue weighted by Gasteiger charge is 2.10. The van der Waals surface area contributed by atoms with Crippen molar-refractivity contribution in [3.05, 3.63) is 60.2 Å². The van der Waals surface area contributed by atoms with E-state index >= 15 is 0 Å². The van der Waals surface area contributed by atoms with E-state index in [1.165, 1.54) is 0 Å². The minimum Gasteiger partial charge on any atom is -0.491 e. The van der Waals surface area contributed by atoms with Gasteiger partial charge in [0.15, 0.2) is 0 Å². The summed E-state index contributed by atoms with van der Waals surface area (Å²) in [5.74, 6) is 0.635. The van der Waals surface area contributed by atoms with Crippen molar-refractivity contribution in [3.8, 4) is 11.5 Å². The molecule has 0 saturated heterocycles. The normalized spacial score (nSPS) is 10.6. The average Bonchev–Trinajstić information content (AvgIpc) is 2.83. The molecule has 2 aromatic carbocycles. The number of benzene rings is 2. The molecule has 0 aromatic heterocycles. The summed E-state index contributed by atoms with van der Waals surface area (Å²) in [6.45, 7) is 14.6. The number of carbonyl (C=O) groups is 2. The van der Waals surface area contributed by atoms with Crippen molar-refractivity contribution in [2.24, 2.45) is 0 Å². The highest BCUT2D eigenvalue weighted by Crippen LogP contribution is 2.34. The third kappa shape index (κ3) is 9.42. The first-order valence-corrected chi connectivity index (χ1v) is 11.4. The van der Waals surface area contributed by atoms with Crippen LogP contribution in [0, 0.1) is 6.92 Å². The molecular formula is C27H34O8. The molecule has 0 aliphatic rings. The van der Waals surface area contributed by atoms with Crippen molar-refractivity contribution < 1.29 is 38.0 Å². The summed E-state index contributed by atoms with van der Waals surface area (Å²) in [5.41, 5.74) is 1.71. The molecule has 8 heteroatoms. The molecule has 0 unspecified atom stereocenters. The van der Waals surface area contributed by atoms with E-state index in [9.17, 15) is 9.59 Å². The molecule has 8 nitrogen and oxygen atoms in total. The van der Waals surface area contributed by atoms with Crippen molar-refractivity contribution >= 4 is 22.7 Å². The molecule has 0 aliphatic heterocycles. The molecular weight excluding hydrogens is 452 g/mol. The quantitative estimate of drug-likeness (QED) is 0.198. The Balaban J connectivity index is 1.80. The van der Waals surface area contributed by atoms with E-state index in [0.717, 1.165) is 27.8 Å². The van der Waals surface area contributed by atoms with E-state index in [2.05, 4.69) is 13.2 Å². The molecule has 2 aromatic rings. The number of aryl methyl sites for hydroxylation is 1. The van der Waals surface area contributed by atoms with Crippen LogP contribution in [0.5, 0.6) is 11.5 Å².